The maximum Gasteiger partial charge on any atom is 0.261 e. The van der Waals surface area contributed by atoms with Crippen LogP contribution in [-0.4, -0.2) is 21.2 Å². The molecule has 2 rings (SSSR count). The molecule has 0 fully saturated rings. The third-order valence-electron chi connectivity index (χ3n) is 2.36. The van der Waals surface area contributed by atoms with Crippen LogP contribution in [0, 0.1) is 6.92 Å². The zero-order chi connectivity index (χ0) is 13.1. The van der Waals surface area contributed by atoms with Gasteiger partial charge < -0.3 is 14.9 Å². The summed E-state index contributed by atoms with van der Waals surface area (Å²) in [5.41, 5.74) is 0.968. The van der Waals surface area contributed by atoms with Crippen LogP contribution in [0.5, 0.6) is 5.75 Å². The van der Waals surface area contributed by atoms with Crippen molar-refractivity contribution in [1.82, 2.24) is 10.1 Å². The lowest BCUT2D eigenvalue weighted by Crippen LogP contribution is -2.09. The Hall–Kier alpha value is -2.37. The van der Waals surface area contributed by atoms with Crippen molar-refractivity contribution >= 4 is 11.6 Å². The predicted molar refractivity (Wildman–Crippen MR) is 65.1 cm³/mol. The Morgan fingerprint density at radius 1 is 1.50 bits per heavy atom. The molecule has 0 aliphatic carbocycles. The van der Waals surface area contributed by atoms with Gasteiger partial charge in [0, 0.05) is 12.1 Å². The van der Waals surface area contributed by atoms with Crippen molar-refractivity contribution in [3.63, 3.8) is 0 Å². The average Bonchev–Trinajstić information content (AvgIpc) is 2.78. The van der Waals surface area contributed by atoms with Gasteiger partial charge in [0.1, 0.15) is 5.75 Å². The van der Waals surface area contributed by atoms with Crippen LogP contribution in [0.1, 0.15) is 19.2 Å². The van der Waals surface area contributed by atoms with E-state index in [1.165, 1.54) is 6.07 Å². The number of hydrogen-bond donors (Lipinski definition) is 2. The van der Waals surface area contributed by atoms with Crippen molar-refractivity contribution in [3.8, 4) is 17.2 Å². The van der Waals surface area contributed by atoms with E-state index in [0.717, 1.165) is 0 Å². The molecule has 0 bridgehead atoms. The molecule has 0 unspecified atom stereocenters. The number of anilines is 1. The lowest BCUT2D eigenvalue weighted by Gasteiger charge is -2.06. The Morgan fingerprint density at radius 2 is 2.28 bits per heavy atom. The molecule has 1 aromatic heterocycles. The summed E-state index contributed by atoms with van der Waals surface area (Å²) in [6.45, 7) is 3.45. The van der Waals surface area contributed by atoms with Gasteiger partial charge in [0.05, 0.1) is 5.56 Å². The van der Waals surface area contributed by atoms with Crippen LogP contribution in [0.2, 0.25) is 0 Å². The predicted octanol–water partition coefficient (Wildman–Crippen LogP) is 2.10. The zero-order valence-corrected chi connectivity index (χ0v) is 10.1. The van der Waals surface area contributed by atoms with Gasteiger partial charge in [0.15, 0.2) is 5.82 Å². The van der Waals surface area contributed by atoms with Gasteiger partial charge in [-0.1, -0.05) is 12.1 Å². The van der Waals surface area contributed by atoms with Crippen LogP contribution in [0.25, 0.3) is 11.5 Å². The topological polar surface area (TPSA) is 88.2 Å². The highest BCUT2D eigenvalue weighted by Crippen LogP contribution is 2.30. The van der Waals surface area contributed by atoms with Gasteiger partial charge in [-0.25, -0.2) is 0 Å². The molecule has 6 heteroatoms. The van der Waals surface area contributed by atoms with Crippen LogP contribution in [-0.2, 0) is 4.79 Å². The molecule has 0 radical (unpaired) electrons. The summed E-state index contributed by atoms with van der Waals surface area (Å²) >= 11 is 0. The van der Waals surface area contributed by atoms with Crippen LogP contribution in [0.15, 0.2) is 22.7 Å². The number of phenols is 1. The normalized spacial score (nSPS) is 10.3. The molecule has 1 amide bonds. The number of aromatic hydroxyl groups is 1. The van der Waals surface area contributed by atoms with Crippen molar-refractivity contribution in [2.24, 2.45) is 0 Å². The van der Waals surface area contributed by atoms with E-state index in [-0.39, 0.29) is 17.5 Å². The molecule has 0 aliphatic rings. The summed E-state index contributed by atoms with van der Waals surface area (Å²) in [5, 5.41) is 16.1. The third kappa shape index (κ3) is 2.48. The zero-order valence-electron chi connectivity index (χ0n) is 10.1. The first kappa shape index (κ1) is 12.1. The molecule has 2 N–H and O–H groups in total. The standard InChI is InChI=1S/C12H13N3O3/c1-3-11(17)14-8-4-5-10(16)9(6-8)12-13-7(2)15-18-12/h4-6,16H,3H2,1-2H3,(H,14,17). The fourth-order valence-corrected chi connectivity index (χ4v) is 1.44. The second-order valence-corrected chi connectivity index (χ2v) is 3.78. The maximum atomic E-state index is 11.3. The Kier molecular flexibility index (Phi) is 3.27. The molecule has 0 saturated heterocycles. The van der Waals surface area contributed by atoms with Gasteiger partial charge in [-0.05, 0) is 25.1 Å². The first-order valence-corrected chi connectivity index (χ1v) is 5.53. The third-order valence-corrected chi connectivity index (χ3v) is 2.36. The number of amides is 1. The van der Waals surface area contributed by atoms with E-state index in [4.69, 9.17) is 4.52 Å². The SMILES string of the molecule is CCC(=O)Nc1ccc(O)c(-c2nc(C)no2)c1. The summed E-state index contributed by atoms with van der Waals surface area (Å²) in [7, 11) is 0. The molecule has 2 aromatic rings. The fourth-order valence-electron chi connectivity index (χ4n) is 1.44. The molecule has 0 aliphatic heterocycles. The molecule has 0 atom stereocenters. The Bertz CT molecular complexity index is 578. The molecule has 0 saturated carbocycles. The molecule has 94 valence electrons. The maximum absolute atomic E-state index is 11.3. The second-order valence-electron chi connectivity index (χ2n) is 3.78. The molecular weight excluding hydrogens is 234 g/mol. The number of nitrogens with zero attached hydrogens (tertiary/aromatic N) is 2. The second kappa shape index (κ2) is 4.87. The van der Waals surface area contributed by atoms with Crippen molar-refractivity contribution in [1.29, 1.82) is 0 Å². The molecule has 0 spiro atoms. The van der Waals surface area contributed by atoms with E-state index in [1.807, 2.05) is 0 Å². The highest BCUT2D eigenvalue weighted by atomic mass is 16.5. The first-order valence-electron chi connectivity index (χ1n) is 5.53. The summed E-state index contributed by atoms with van der Waals surface area (Å²) < 4.78 is 4.98. The number of hydrogen-bond acceptors (Lipinski definition) is 5. The van der Waals surface area contributed by atoms with E-state index in [2.05, 4.69) is 15.5 Å². The van der Waals surface area contributed by atoms with E-state index >= 15 is 0 Å². The van der Waals surface area contributed by atoms with Gasteiger partial charge in [-0.15, -0.1) is 0 Å². The van der Waals surface area contributed by atoms with Gasteiger partial charge in [0.2, 0.25) is 5.91 Å². The van der Waals surface area contributed by atoms with Gasteiger partial charge in [0.25, 0.3) is 5.89 Å². The average molecular weight is 247 g/mol. The number of aryl methyl sites for hydroxylation is 1. The molecular formula is C12H13N3O3. The summed E-state index contributed by atoms with van der Waals surface area (Å²) in [6.07, 6.45) is 0.385. The van der Waals surface area contributed by atoms with Crippen molar-refractivity contribution in [3.05, 3.63) is 24.0 Å². The Morgan fingerprint density at radius 3 is 2.89 bits per heavy atom. The molecule has 18 heavy (non-hydrogen) atoms. The summed E-state index contributed by atoms with van der Waals surface area (Å²) in [6, 6.07) is 4.67. The van der Waals surface area contributed by atoms with Crippen molar-refractivity contribution in [2.75, 3.05) is 5.32 Å². The summed E-state index contributed by atoms with van der Waals surface area (Å²) in [5.74, 6) is 0.617. The van der Waals surface area contributed by atoms with E-state index in [9.17, 15) is 9.90 Å². The number of rotatable bonds is 3. The first-order chi connectivity index (χ1) is 8.60. The Labute approximate surface area is 104 Å². The number of benzene rings is 1. The lowest BCUT2D eigenvalue weighted by molar-refractivity contribution is -0.115. The largest absolute Gasteiger partial charge is 0.507 e. The highest BCUT2D eigenvalue weighted by molar-refractivity contribution is 5.91. The summed E-state index contributed by atoms with van der Waals surface area (Å²) in [4.78, 5) is 15.3. The lowest BCUT2D eigenvalue weighted by atomic mass is 10.1. The molecule has 1 aromatic carbocycles. The van der Waals surface area contributed by atoms with E-state index < -0.39 is 0 Å². The fraction of sp³-hybridized carbons (Fsp3) is 0.250. The quantitative estimate of drug-likeness (QED) is 0.811. The van der Waals surface area contributed by atoms with E-state index in [1.54, 1.807) is 26.0 Å². The number of carbonyl (C=O) groups is 1. The van der Waals surface area contributed by atoms with Crippen LogP contribution >= 0.6 is 0 Å². The molecule has 6 nitrogen and oxygen atoms in total. The number of carbonyl (C=O) groups excluding carboxylic acids is 1. The van der Waals surface area contributed by atoms with Gasteiger partial charge >= 0.3 is 0 Å². The molecule has 1 heterocycles. The van der Waals surface area contributed by atoms with Crippen molar-refractivity contribution in [2.45, 2.75) is 20.3 Å². The van der Waals surface area contributed by atoms with Crippen LogP contribution < -0.4 is 5.32 Å². The number of aromatic nitrogens is 2. The van der Waals surface area contributed by atoms with Crippen LogP contribution in [0.4, 0.5) is 5.69 Å². The van der Waals surface area contributed by atoms with E-state index in [0.29, 0.717) is 23.5 Å². The smallest absolute Gasteiger partial charge is 0.261 e. The number of phenolic OH excluding ortho intramolecular Hbond substituents is 1. The van der Waals surface area contributed by atoms with Gasteiger partial charge in [-0.2, -0.15) is 4.98 Å². The minimum absolute atomic E-state index is 0.0214. The number of nitrogens with one attached hydrogen (secondary N) is 1. The Balaban J connectivity index is 2.35. The van der Waals surface area contributed by atoms with Gasteiger partial charge in [-0.3, -0.25) is 4.79 Å². The minimum Gasteiger partial charge on any atom is -0.507 e. The van der Waals surface area contributed by atoms with Crippen molar-refractivity contribution < 1.29 is 14.4 Å². The highest BCUT2D eigenvalue weighted by Gasteiger charge is 2.12. The minimum atomic E-state index is -0.103. The van der Waals surface area contributed by atoms with Crippen LogP contribution in [0.3, 0.4) is 0 Å². The monoisotopic (exact) mass is 247 g/mol.